The van der Waals surface area contributed by atoms with Crippen molar-refractivity contribution >= 4 is 0 Å². The van der Waals surface area contributed by atoms with Crippen molar-refractivity contribution in [3.8, 4) is 11.1 Å². The molecule has 1 heteroatoms. The lowest BCUT2D eigenvalue weighted by Crippen LogP contribution is -1.85. The highest BCUT2D eigenvalue weighted by atomic mass is 14.6. The van der Waals surface area contributed by atoms with Gasteiger partial charge in [0, 0.05) is 12.4 Å². The fourth-order valence-electron chi connectivity index (χ4n) is 1.78. The van der Waals surface area contributed by atoms with E-state index in [2.05, 4.69) is 63.0 Å². The minimum absolute atomic E-state index is 0.833. The van der Waals surface area contributed by atoms with Gasteiger partial charge in [-0.3, -0.25) is 4.98 Å². The van der Waals surface area contributed by atoms with Gasteiger partial charge in [0.05, 0.1) is 0 Å². The lowest BCUT2D eigenvalue weighted by atomic mass is 10.0. The van der Waals surface area contributed by atoms with Gasteiger partial charge >= 0.3 is 0 Å². The summed E-state index contributed by atoms with van der Waals surface area (Å²) >= 11 is 0. The standard InChI is InChI=1S/C15H17N.C4H10/c1-2-3-5-13-7-9-14(10-8-13)15-6-4-11-16-12-15;1-4(2)3/h4,6-12H,2-3,5H2,1H3;4H,1-3H3. The number of hydrogen-bond acceptors (Lipinski definition) is 1. The maximum atomic E-state index is 4.13. The molecule has 1 aromatic carbocycles. The highest BCUT2D eigenvalue weighted by Gasteiger charge is 1.97. The monoisotopic (exact) mass is 269 g/mol. The fraction of sp³-hybridized carbons (Fsp3) is 0.421. The molecule has 2 aromatic rings. The molecule has 0 spiro atoms. The van der Waals surface area contributed by atoms with Gasteiger partial charge in [-0.1, -0.05) is 64.4 Å². The molecule has 1 aromatic heterocycles. The van der Waals surface area contributed by atoms with Crippen LogP contribution in [0.3, 0.4) is 0 Å². The average Bonchev–Trinajstić information content (AvgIpc) is 2.46. The van der Waals surface area contributed by atoms with Gasteiger partial charge in [-0.25, -0.2) is 0 Å². The van der Waals surface area contributed by atoms with Crippen LogP contribution in [0.5, 0.6) is 0 Å². The smallest absolute Gasteiger partial charge is 0.0346 e. The summed E-state index contributed by atoms with van der Waals surface area (Å²) in [6.45, 7) is 8.73. The van der Waals surface area contributed by atoms with Crippen molar-refractivity contribution in [2.75, 3.05) is 0 Å². The number of benzene rings is 1. The molecule has 0 amide bonds. The molecule has 0 aliphatic rings. The predicted molar refractivity (Wildman–Crippen MR) is 88.8 cm³/mol. The molecule has 0 unspecified atom stereocenters. The zero-order valence-corrected chi connectivity index (χ0v) is 13.3. The van der Waals surface area contributed by atoms with E-state index >= 15 is 0 Å². The third-order valence-corrected chi connectivity index (χ3v) is 2.77. The molecule has 0 N–H and O–H groups in total. The summed E-state index contributed by atoms with van der Waals surface area (Å²) < 4.78 is 0. The van der Waals surface area contributed by atoms with Crippen molar-refractivity contribution in [3.63, 3.8) is 0 Å². The zero-order chi connectivity index (χ0) is 14.8. The molecule has 1 nitrogen and oxygen atoms in total. The van der Waals surface area contributed by atoms with E-state index < -0.39 is 0 Å². The maximum Gasteiger partial charge on any atom is 0.0346 e. The van der Waals surface area contributed by atoms with Gasteiger partial charge < -0.3 is 0 Å². The van der Waals surface area contributed by atoms with Crippen LogP contribution in [-0.2, 0) is 6.42 Å². The first-order chi connectivity index (χ1) is 9.63. The van der Waals surface area contributed by atoms with Gasteiger partial charge in [-0.2, -0.15) is 0 Å². The van der Waals surface area contributed by atoms with Crippen molar-refractivity contribution in [1.82, 2.24) is 4.98 Å². The molecule has 2 rings (SSSR count). The highest BCUT2D eigenvalue weighted by Crippen LogP contribution is 2.18. The SMILES string of the molecule is CC(C)C.CCCCc1ccc(-c2cccnc2)cc1. The molecule has 0 aliphatic carbocycles. The van der Waals surface area contributed by atoms with Crippen LogP contribution in [0.15, 0.2) is 48.8 Å². The Kier molecular flexibility index (Phi) is 7.64. The van der Waals surface area contributed by atoms with E-state index in [9.17, 15) is 0 Å². The van der Waals surface area contributed by atoms with Crippen molar-refractivity contribution in [2.24, 2.45) is 5.92 Å². The van der Waals surface area contributed by atoms with Crippen LogP contribution in [0.25, 0.3) is 11.1 Å². The van der Waals surface area contributed by atoms with Gasteiger partial charge in [0.15, 0.2) is 0 Å². The van der Waals surface area contributed by atoms with E-state index in [0.29, 0.717) is 0 Å². The average molecular weight is 269 g/mol. The summed E-state index contributed by atoms with van der Waals surface area (Å²) in [5.41, 5.74) is 3.85. The zero-order valence-electron chi connectivity index (χ0n) is 13.3. The number of aromatic nitrogens is 1. The molecule has 1 heterocycles. The predicted octanol–water partition coefficient (Wildman–Crippen LogP) is 5.75. The summed E-state index contributed by atoms with van der Waals surface area (Å²) in [4.78, 5) is 4.13. The minimum Gasteiger partial charge on any atom is -0.264 e. The molecular formula is C19H27N. The molecule has 0 bridgehead atoms. The Morgan fingerprint density at radius 2 is 1.60 bits per heavy atom. The lowest BCUT2D eigenvalue weighted by molar-refractivity contribution is 0.737. The Hall–Kier alpha value is -1.63. The van der Waals surface area contributed by atoms with Crippen LogP contribution < -0.4 is 0 Å². The van der Waals surface area contributed by atoms with Crippen LogP contribution in [0, 0.1) is 5.92 Å². The number of pyridine rings is 1. The Bertz CT molecular complexity index is 454. The molecule has 0 aliphatic heterocycles. The summed E-state index contributed by atoms with van der Waals surface area (Å²) in [7, 11) is 0. The van der Waals surface area contributed by atoms with E-state index in [0.717, 1.165) is 5.92 Å². The third kappa shape index (κ3) is 6.51. The van der Waals surface area contributed by atoms with Gasteiger partial charge in [-0.15, -0.1) is 0 Å². The largest absolute Gasteiger partial charge is 0.264 e. The van der Waals surface area contributed by atoms with E-state index in [1.54, 1.807) is 6.20 Å². The van der Waals surface area contributed by atoms with Crippen LogP contribution >= 0.6 is 0 Å². The first-order valence-electron chi connectivity index (χ1n) is 7.62. The molecule has 0 saturated carbocycles. The summed E-state index contributed by atoms with van der Waals surface area (Å²) in [6.07, 6.45) is 7.42. The van der Waals surface area contributed by atoms with Crippen LogP contribution in [0.2, 0.25) is 0 Å². The molecule has 0 saturated heterocycles. The maximum absolute atomic E-state index is 4.13. The van der Waals surface area contributed by atoms with Crippen molar-refractivity contribution in [1.29, 1.82) is 0 Å². The third-order valence-electron chi connectivity index (χ3n) is 2.77. The molecule has 20 heavy (non-hydrogen) atoms. The quantitative estimate of drug-likeness (QED) is 0.688. The highest BCUT2D eigenvalue weighted by molar-refractivity contribution is 5.62. The molecular weight excluding hydrogens is 242 g/mol. The summed E-state index contributed by atoms with van der Waals surface area (Å²) in [5.74, 6) is 0.833. The Labute approximate surface area is 124 Å². The van der Waals surface area contributed by atoms with Gasteiger partial charge in [-0.05, 0) is 41.5 Å². The van der Waals surface area contributed by atoms with Crippen molar-refractivity contribution < 1.29 is 0 Å². The number of unbranched alkanes of at least 4 members (excludes halogenated alkanes) is 1. The summed E-state index contributed by atoms with van der Waals surface area (Å²) in [6, 6.07) is 12.9. The first kappa shape index (κ1) is 16.4. The van der Waals surface area contributed by atoms with E-state index in [1.165, 1.54) is 36.0 Å². The topological polar surface area (TPSA) is 12.9 Å². The number of rotatable bonds is 4. The number of hydrogen-bond donors (Lipinski definition) is 0. The molecule has 0 fully saturated rings. The number of aryl methyl sites for hydroxylation is 1. The van der Waals surface area contributed by atoms with Crippen molar-refractivity contribution in [3.05, 3.63) is 54.4 Å². The van der Waals surface area contributed by atoms with Crippen molar-refractivity contribution in [2.45, 2.75) is 47.0 Å². The van der Waals surface area contributed by atoms with E-state index in [-0.39, 0.29) is 0 Å². The molecule has 0 radical (unpaired) electrons. The Morgan fingerprint density at radius 3 is 2.10 bits per heavy atom. The Balaban J connectivity index is 0.000000444. The van der Waals surface area contributed by atoms with Gasteiger partial charge in [0.25, 0.3) is 0 Å². The lowest BCUT2D eigenvalue weighted by Gasteiger charge is -2.03. The van der Waals surface area contributed by atoms with Gasteiger partial charge in [0.1, 0.15) is 0 Å². The second kappa shape index (κ2) is 9.30. The second-order valence-corrected chi connectivity index (χ2v) is 5.77. The van der Waals surface area contributed by atoms with Gasteiger partial charge in [0.2, 0.25) is 0 Å². The molecule has 0 atom stereocenters. The first-order valence-corrected chi connectivity index (χ1v) is 7.62. The van der Waals surface area contributed by atoms with Crippen LogP contribution in [0.1, 0.15) is 46.1 Å². The van der Waals surface area contributed by atoms with Crippen LogP contribution in [0.4, 0.5) is 0 Å². The second-order valence-electron chi connectivity index (χ2n) is 5.77. The van der Waals surface area contributed by atoms with E-state index in [4.69, 9.17) is 0 Å². The minimum atomic E-state index is 0.833. The van der Waals surface area contributed by atoms with E-state index in [1.807, 2.05) is 12.3 Å². The normalized spacial score (nSPS) is 10.1. The van der Waals surface area contributed by atoms with Crippen LogP contribution in [-0.4, -0.2) is 4.98 Å². The number of nitrogens with zero attached hydrogens (tertiary/aromatic N) is 1. The fourth-order valence-corrected chi connectivity index (χ4v) is 1.78. The molecule has 108 valence electrons. The Morgan fingerprint density at radius 1 is 0.950 bits per heavy atom. The summed E-state index contributed by atoms with van der Waals surface area (Å²) in [5, 5.41) is 0.